The molecule has 0 bridgehead atoms. The third-order valence-corrected chi connectivity index (χ3v) is 2.97. The van der Waals surface area contributed by atoms with E-state index in [-0.39, 0.29) is 0 Å². The van der Waals surface area contributed by atoms with Crippen LogP contribution in [0.4, 0.5) is 5.82 Å². The summed E-state index contributed by atoms with van der Waals surface area (Å²) in [4.78, 5) is 24.6. The van der Waals surface area contributed by atoms with Crippen molar-refractivity contribution in [1.29, 1.82) is 0 Å². The van der Waals surface area contributed by atoms with E-state index in [1.54, 1.807) is 0 Å². The van der Waals surface area contributed by atoms with E-state index >= 15 is 0 Å². The van der Waals surface area contributed by atoms with Gasteiger partial charge in [-0.1, -0.05) is 0 Å². The zero-order valence-corrected chi connectivity index (χ0v) is 9.99. The minimum atomic E-state index is -1.50. The number of amides is 1. The average molecular weight is 288 g/mol. The van der Waals surface area contributed by atoms with Gasteiger partial charge in [-0.3, -0.25) is 9.36 Å². The molecule has 2 rings (SSSR count). The normalized spacial score (nSPS) is 29.6. The lowest BCUT2D eigenvalue weighted by atomic mass is 10.1. The molecule has 11 nitrogen and oxygen atoms in total. The molecule has 0 aromatic carbocycles. The molecule has 0 radical (unpaired) electrons. The molecule has 110 valence electrons. The first-order valence-corrected chi connectivity index (χ1v) is 5.52. The van der Waals surface area contributed by atoms with Crippen LogP contribution >= 0.6 is 0 Å². The van der Waals surface area contributed by atoms with Crippen LogP contribution in [0, 0.1) is 10.1 Å². The summed E-state index contributed by atoms with van der Waals surface area (Å²) in [5, 5.41) is 39.1. The molecule has 20 heavy (non-hydrogen) atoms. The molecule has 4 atom stereocenters. The van der Waals surface area contributed by atoms with E-state index in [0.717, 1.165) is 10.9 Å². The molecule has 11 heteroatoms. The van der Waals surface area contributed by atoms with Gasteiger partial charge in [0.2, 0.25) is 12.0 Å². The smallest absolute Gasteiger partial charge is 0.394 e. The second kappa shape index (κ2) is 5.13. The molecule has 1 fully saturated rings. The van der Waals surface area contributed by atoms with E-state index < -0.39 is 53.5 Å². The second-order valence-corrected chi connectivity index (χ2v) is 4.17. The van der Waals surface area contributed by atoms with Crippen molar-refractivity contribution in [2.75, 3.05) is 6.61 Å². The van der Waals surface area contributed by atoms with Gasteiger partial charge in [0.25, 0.3) is 5.91 Å². The number of imidazole rings is 1. The third kappa shape index (κ3) is 2.12. The van der Waals surface area contributed by atoms with Gasteiger partial charge >= 0.3 is 5.82 Å². The highest BCUT2D eigenvalue weighted by Crippen LogP contribution is 2.32. The lowest BCUT2D eigenvalue weighted by Gasteiger charge is -2.16. The topological polar surface area (TPSA) is 174 Å². The molecule has 0 unspecified atom stereocenters. The molecule has 0 saturated carbocycles. The first-order chi connectivity index (χ1) is 9.38. The minimum absolute atomic E-state index is 0.565. The van der Waals surface area contributed by atoms with Crippen LogP contribution in [0.25, 0.3) is 0 Å². The molecule has 1 aromatic rings. The highest BCUT2D eigenvalue weighted by molar-refractivity contribution is 5.94. The van der Waals surface area contributed by atoms with Gasteiger partial charge in [-0.15, -0.1) is 0 Å². The largest absolute Gasteiger partial charge is 0.395 e. The fourth-order valence-electron chi connectivity index (χ4n) is 2.03. The Kier molecular flexibility index (Phi) is 3.67. The molecule has 1 amide bonds. The van der Waals surface area contributed by atoms with Crippen LogP contribution in [0.5, 0.6) is 0 Å². The zero-order chi connectivity index (χ0) is 15.0. The number of hydrogen-bond acceptors (Lipinski definition) is 8. The van der Waals surface area contributed by atoms with Crippen molar-refractivity contribution >= 4 is 11.7 Å². The monoisotopic (exact) mass is 288 g/mol. The van der Waals surface area contributed by atoms with Crippen molar-refractivity contribution in [1.82, 2.24) is 9.55 Å². The Bertz CT molecular complexity index is 544. The molecular formula is C9H12N4O7. The number of carbonyl (C=O) groups excluding carboxylic acids is 1. The van der Waals surface area contributed by atoms with Gasteiger partial charge in [0, 0.05) is 0 Å². The number of rotatable bonds is 4. The second-order valence-electron chi connectivity index (χ2n) is 4.17. The van der Waals surface area contributed by atoms with E-state index in [1.165, 1.54) is 0 Å². The number of carbonyl (C=O) groups is 1. The summed E-state index contributed by atoms with van der Waals surface area (Å²) in [7, 11) is 0. The summed E-state index contributed by atoms with van der Waals surface area (Å²) in [5.74, 6) is -1.91. The summed E-state index contributed by atoms with van der Waals surface area (Å²) in [6.45, 7) is -0.572. The van der Waals surface area contributed by atoms with E-state index in [1.807, 2.05) is 0 Å². The summed E-state index contributed by atoms with van der Waals surface area (Å²) in [5.41, 5.74) is 4.49. The van der Waals surface area contributed by atoms with Crippen LogP contribution in [0.15, 0.2) is 6.33 Å². The van der Waals surface area contributed by atoms with E-state index in [4.69, 9.17) is 15.6 Å². The number of ether oxygens (including phenoxy) is 1. The van der Waals surface area contributed by atoms with Gasteiger partial charge in [-0.25, -0.2) is 0 Å². The number of hydrogen-bond donors (Lipinski definition) is 4. The Morgan fingerprint density at radius 3 is 2.65 bits per heavy atom. The van der Waals surface area contributed by atoms with Crippen molar-refractivity contribution in [2.45, 2.75) is 24.5 Å². The van der Waals surface area contributed by atoms with E-state index in [0.29, 0.717) is 0 Å². The molecule has 0 spiro atoms. The third-order valence-electron chi connectivity index (χ3n) is 2.97. The maximum Gasteiger partial charge on any atom is 0.395 e. The van der Waals surface area contributed by atoms with E-state index in [2.05, 4.69) is 4.98 Å². The fraction of sp³-hybridized carbons (Fsp3) is 0.556. The Hall–Kier alpha value is -2.08. The lowest BCUT2D eigenvalue weighted by molar-refractivity contribution is -0.389. The van der Waals surface area contributed by atoms with Gasteiger partial charge in [-0.2, -0.15) is 0 Å². The standard InChI is InChI=1S/C9H12N4O7/c10-7(17)4-8(13(18)19)11-2-12(4)9-6(16)5(15)3(1-14)20-9/h2-3,5-6,9,14-16H,1H2,(H2,10,17)/t3-,5+,6+,9+/m0/s1. The summed E-state index contributed by atoms with van der Waals surface area (Å²) in [6.07, 6.45) is -4.41. The SMILES string of the molecule is NC(=O)c1c([N+](=O)[O-])ncn1[C@@H]1O[C@@H](CO)[C@@H](O)[C@H]1O. The van der Waals surface area contributed by atoms with Crippen molar-refractivity contribution in [3.8, 4) is 0 Å². The molecule has 1 saturated heterocycles. The highest BCUT2D eigenvalue weighted by Gasteiger charge is 2.45. The van der Waals surface area contributed by atoms with Gasteiger partial charge in [0.1, 0.15) is 18.3 Å². The predicted molar refractivity (Wildman–Crippen MR) is 60.4 cm³/mol. The van der Waals surface area contributed by atoms with Crippen LogP contribution in [-0.2, 0) is 4.74 Å². The summed E-state index contributed by atoms with van der Waals surface area (Å²) < 4.78 is 6.01. The molecule has 1 aromatic heterocycles. The summed E-state index contributed by atoms with van der Waals surface area (Å²) in [6, 6.07) is 0. The fourth-order valence-corrected chi connectivity index (χ4v) is 2.03. The van der Waals surface area contributed by atoms with Crippen LogP contribution in [-0.4, -0.2) is 60.6 Å². The first kappa shape index (κ1) is 14.3. The van der Waals surface area contributed by atoms with Crippen LogP contribution < -0.4 is 5.73 Å². The zero-order valence-electron chi connectivity index (χ0n) is 9.99. The maximum atomic E-state index is 11.3. The Balaban J connectivity index is 2.44. The van der Waals surface area contributed by atoms with Gasteiger partial charge < -0.3 is 35.9 Å². The van der Waals surface area contributed by atoms with Crippen LogP contribution in [0.2, 0.25) is 0 Å². The Morgan fingerprint density at radius 1 is 1.55 bits per heavy atom. The Morgan fingerprint density at radius 2 is 2.20 bits per heavy atom. The minimum Gasteiger partial charge on any atom is -0.394 e. The number of primary amides is 1. The molecule has 5 N–H and O–H groups in total. The van der Waals surface area contributed by atoms with Crippen molar-refractivity contribution < 1.29 is 29.8 Å². The number of nitro groups is 1. The molecule has 1 aliphatic heterocycles. The lowest BCUT2D eigenvalue weighted by Crippen LogP contribution is -2.33. The van der Waals surface area contributed by atoms with Crippen molar-refractivity contribution in [3.63, 3.8) is 0 Å². The van der Waals surface area contributed by atoms with E-state index in [9.17, 15) is 25.1 Å². The number of aromatic nitrogens is 2. The number of nitrogens with two attached hydrogens (primary N) is 1. The van der Waals surface area contributed by atoms with Gasteiger partial charge in [0.05, 0.1) is 6.61 Å². The number of nitrogens with zero attached hydrogens (tertiary/aromatic N) is 3. The first-order valence-electron chi connectivity index (χ1n) is 5.52. The Labute approximate surface area is 111 Å². The summed E-state index contributed by atoms with van der Waals surface area (Å²) >= 11 is 0. The number of aliphatic hydroxyl groups excluding tert-OH is 3. The predicted octanol–water partition coefficient (Wildman–Crippen LogP) is -2.50. The van der Waals surface area contributed by atoms with Crippen LogP contribution in [0.3, 0.4) is 0 Å². The molecular weight excluding hydrogens is 276 g/mol. The number of aliphatic hydroxyl groups is 3. The van der Waals surface area contributed by atoms with Crippen molar-refractivity contribution in [2.24, 2.45) is 5.73 Å². The average Bonchev–Trinajstić information content (AvgIpc) is 2.93. The molecule has 2 heterocycles. The van der Waals surface area contributed by atoms with Gasteiger partial charge in [-0.05, 0) is 9.91 Å². The maximum absolute atomic E-state index is 11.3. The molecule has 1 aliphatic rings. The van der Waals surface area contributed by atoms with Gasteiger partial charge in [0.15, 0.2) is 6.23 Å². The molecule has 0 aliphatic carbocycles. The quantitative estimate of drug-likeness (QED) is 0.347. The van der Waals surface area contributed by atoms with Crippen LogP contribution in [0.1, 0.15) is 16.7 Å². The van der Waals surface area contributed by atoms with Crippen molar-refractivity contribution in [3.05, 3.63) is 22.1 Å². The highest BCUT2D eigenvalue weighted by atomic mass is 16.6.